The van der Waals surface area contributed by atoms with E-state index < -0.39 is 10.8 Å². The topological polar surface area (TPSA) is 105 Å². The van der Waals surface area contributed by atoms with Crippen LogP contribution in [-0.4, -0.2) is 29.8 Å². The van der Waals surface area contributed by atoms with Gasteiger partial charge >= 0.3 is 0 Å². The number of benzene rings is 2. The van der Waals surface area contributed by atoms with Gasteiger partial charge in [0.05, 0.1) is 11.0 Å². The van der Waals surface area contributed by atoms with Crippen molar-refractivity contribution < 1.29 is 14.5 Å². The first kappa shape index (κ1) is 20.3. The average molecular weight is 396 g/mol. The number of nitrogens with one attached hydrogen (secondary N) is 2. The van der Waals surface area contributed by atoms with E-state index in [4.69, 9.17) is 0 Å². The van der Waals surface area contributed by atoms with Crippen molar-refractivity contribution in [2.24, 2.45) is 0 Å². The maximum absolute atomic E-state index is 12.7. The van der Waals surface area contributed by atoms with Gasteiger partial charge < -0.3 is 15.5 Å². The Kier molecular flexibility index (Phi) is 6.11. The SMILES string of the molecule is CC(=O)Nc1cccc(C(C)NC(=O)c2ccc(N3CCCC3)c([N+](=O)[O-])c2)c1. The molecule has 1 aliphatic heterocycles. The van der Waals surface area contributed by atoms with Crippen LogP contribution < -0.4 is 15.5 Å². The predicted octanol–water partition coefficient (Wildman–Crippen LogP) is 3.64. The summed E-state index contributed by atoms with van der Waals surface area (Å²) in [6.07, 6.45) is 2.02. The molecule has 0 saturated carbocycles. The third kappa shape index (κ3) is 4.90. The molecule has 2 aromatic carbocycles. The minimum Gasteiger partial charge on any atom is -0.366 e. The van der Waals surface area contributed by atoms with Crippen LogP contribution in [0.4, 0.5) is 17.1 Å². The Morgan fingerprint density at radius 3 is 2.52 bits per heavy atom. The lowest BCUT2D eigenvalue weighted by atomic mass is 10.1. The van der Waals surface area contributed by atoms with E-state index in [9.17, 15) is 19.7 Å². The predicted molar refractivity (Wildman–Crippen MR) is 111 cm³/mol. The molecule has 1 fully saturated rings. The van der Waals surface area contributed by atoms with Gasteiger partial charge in [0.15, 0.2) is 0 Å². The number of nitro groups is 1. The zero-order valence-corrected chi connectivity index (χ0v) is 16.5. The number of amides is 2. The highest BCUT2D eigenvalue weighted by Crippen LogP contribution is 2.31. The standard InChI is InChI=1S/C21H24N4O4/c1-14(16-6-5-7-18(12-16)23-15(2)26)22-21(27)17-8-9-19(20(13-17)25(28)29)24-10-3-4-11-24/h5-9,12-14H,3-4,10-11H2,1-2H3,(H,22,27)(H,23,26). The van der Waals surface area contributed by atoms with Crippen molar-refractivity contribution in [1.29, 1.82) is 0 Å². The summed E-state index contributed by atoms with van der Waals surface area (Å²) >= 11 is 0. The molecule has 2 N–H and O–H groups in total. The van der Waals surface area contributed by atoms with Crippen LogP contribution in [0.15, 0.2) is 42.5 Å². The second-order valence-electron chi connectivity index (χ2n) is 7.16. The van der Waals surface area contributed by atoms with Crippen LogP contribution in [0, 0.1) is 10.1 Å². The Balaban J connectivity index is 1.77. The van der Waals surface area contributed by atoms with Crippen LogP contribution in [0.3, 0.4) is 0 Å². The van der Waals surface area contributed by atoms with Gasteiger partial charge in [-0.05, 0) is 49.6 Å². The number of nitrogens with zero attached hydrogens (tertiary/aromatic N) is 2. The molecule has 0 radical (unpaired) electrons. The molecule has 3 rings (SSSR count). The molecule has 1 aliphatic rings. The lowest BCUT2D eigenvalue weighted by molar-refractivity contribution is -0.384. The molecule has 1 saturated heterocycles. The summed E-state index contributed by atoms with van der Waals surface area (Å²) in [6.45, 7) is 4.82. The fourth-order valence-electron chi connectivity index (χ4n) is 3.49. The van der Waals surface area contributed by atoms with Crippen molar-refractivity contribution in [2.75, 3.05) is 23.3 Å². The molecule has 152 valence electrons. The maximum atomic E-state index is 12.7. The van der Waals surface area contributed by atoms with Crippen molar-refractivity contribution in [2.45, 2.75) is 32.7 Å². The smallest absolute Gasteiger partial charge is 0.293 e. The summed E-state index contributed by atoms with van der Waals surface area (Å²) in [4.78, 5) is 37.0. The number of rotatable bonds is 6. The van der Waals surface area contributed by atoms with Crippen molar-refractivity contribution >= 4 is 28.9 Å². The van der Waals surface area contributed by atoms with Crippen molar-refractivity contribution in [3.63, 3.8) is 0 Å². The van der Waals surface area contributed by atoms with E-state index in [1.54, 1.807) is 30.3 Å². The molecule has 0 aromatic heterocycles. The zero-order chi connectivity index (χ0) is 21.0. The summed E-state index contributed by atoms with van der Waals surface area (Å²) < 4.78 is 0. The van der Waals surface area contributed by atoms with Crippen LogP contribution >= 0.6 is 0 Å². The Morgan fingerprint density at radius 1 is 1.14 bits per heavy atom. The summed E-state index contributed by atoms with van der Waals surface area (Å²) in [5.41, 5.74) is 2.19. The van der Waals surface area contributed by atoms with Gasteiger partial charge in [0.1, 0.15) is 5.69 Å². The largest absolute Gasteiger partial charge is 0.366 e. The van der Waals surface area contributed by atoms with E-state index in [1.807, 2.05) is 17.9 Å². The van der Waals surface area contributed by atoms with Gasteiger partial charge in [-0.2, -0.15) is 0 Å². The summed E-state index contributed by atoms with van der Waals surface area (Å²) in [6, 6.07) is 11.5. The quantitative estimate of drug-likeness (QED) is 0.573. The van der Waals surface area contributed by atoms with Gasteiger partial charge in [0, 0.05) is 37.3 Å². The van der Waals surface area contributed by atoms with Crippen molar-refractivity contribution in [3.05, 3.63) is 63.7 Å². The van der Waals surface area contributed by atoms with Gasteiger partial charge in [-0.3, -0.25) is 19.7 Å². The van der Waals surface area contributed by atoms with E-state index in [1.165, 1.54) is 13.0 Å². The molecule has 2 aromatic rings. The monoisotopic (exact) mass is 396 g/mol. The van der Waals surface area contributed by atoms with Gasteiger partial charge in [-0.1, -0.05) is 12.1 Å². The van der Waals surface area contributed by atoms with E-state index >= 15 is 0 Å². The Morgan fingerprint density at radius 2 is 1.86 bits per heavy atom. The summed E-state index contributed by atoms with van der Waals surface area (Å²) in [5.74, 6) is -0.567. The number of hydrogen-bond donors (Lipinski definition) is 2. The lowest BCUT2D eigenvalue weighted by Crippen LogP contribution is -2.27. The minimum absolute atomic E-state index is 0.0557. The molecule has 0 bridgehead atoms. The highest BCUT2D eigenvalue weighted by Gasteiger charge is 2.24. The molecular formula is C21H24N4O4. The molecule has 8 nitrogen and oxygen atoms in total. The second-order valence-corrected chi connectivity index (χ2v) is 7.16. The first-order valence-corrected chi connectivity index (χ1v) is 9.57. The Hall–Kier alpha value is -3.42. The average Bonchev–Trinajstić information content (AvgIpc) is 3.21. The van der Waals surface area contributed by atoms with Gasteiger partial charge in [-0.25, -0.2) is 0 Å². The van der Waals surface area contributed by atoms with Crippen molar-refractivity contribution in [3.8, 4) is 0 Å². The highest BCUT2D eigenvalue weighted by molar-refractivity contribution is 5.96. The third-order valence-corrected chi connectivity index (χ3v) is 4.94. The molecule has 0 spiro atoms. The minimum atomic E-state index is -0.440. The molecule has 1 unspecified atom stereocenters. The van der Waals surface area contributed by atoms with Gasteiger partial charge in [-0.15, -0.1) is 0 Å². The van der Waals surface area contributed by atoms with Gasteiger partial charge in [0.25, 0.3) is 11.6 Å². The fourth-order valence-corrected chi connectivity index (χ4v) is 3.49. The normalized spacial score (nSPS) is 14.3. The molecule has 29 heavy (non-hydrogen) atoms. The lowest BCUT2D eigenvalue weighted by Gasteiger charge is -2.19. The number of carbonyl (C=O) groups is 2. The summed E-state index contributed by atoms with van der Waals surface area (Å²) in [7, 11) is 0. The Labute approximate surface area is 169 Å². The fraction of sp³-hybridized carbons (Fsp3) is 0.333. The van der Waals surface area contributed by atoms with E-state index in [-0.39, 0.29) is 23.2 Å². The summed E-state index contributed by atoms with van der Waals surface area (Å²) in [5, 5.41) is 17.1. The first-order chi connectivity index (χ1) is 13.8. The molecule has 1 heterocycles. The van der Waals surface area contributed by atoms with Crippen molar-refractivity contribution in [1.82, 2.24) is 5.32 Å². The molecule has 0 aliphatic carbocycles. The molecular weight excluding hydrogens is 372 g/mol. The molecule has 2 amide bonds. The van der Waals surface area contributed by atoms with E-state index in [2.05, 4.69) is 10.6 Å². The van der Waals surface area contributed by atoms with Gasteiger partial charge in [0.2, 0.25) is 5.91 Å². The second kappa shape index (κ2) is 8.72. The number of nitro benzene ring substituents is 1. The third-order valence-electron chi connectivity index (χ3n) is 4.94. The first-order valence-electron chi connectivity index (χ1n) is 9.57. The Bertz CT molecular complexity index is 938. The number of carbonyl (C=O) groups excluding carboxylic acids is 2. The number of anilines is 2. The number of hydrogen-bond acceptors (Lipinski definition) is 5. The van der Waals surface area contributed by atoms with Crippen LogP contribution in [0.25, 0.3) is 0 Å². The highest BCUT2D eigenvalue weighted by atomic mass is 16.6. The van der Waals surface area contributed by atoms with E-state index in [0.717, 1.165) is 31.5 Å². The van der Waals surface area contributed by atoms with Crippen LogP contribution in [0.5, 0.6) is 0 Å². The van der Waals surface area contributed by atoms with E-state index in [0.29, 0.717) is 11.4 Å². The van der Waals surface area contributed by atoms with Crippen LogP contribution in [-0.2, 0) is 4.79 Å². The maximum Gasteiger partial charge on any atom is 0.293 e. The van der Waals surface area contributed by atoms with Crippen LogP contribution in [0.2, 0.25) is 0 Å². The zero-order valence-electron chi connectivity index (χ0n) is 16.5. The van der Waals surface area contributed by atoms with Crippen LogP contribution in [0.1, 0.15) is 48.7 Å². The molecule has 1 atom stereocenters. The molecule has 8 heteroatoms.